The highest BCUT2D eigenvalue weighted by molar-refractivity contribution is 5.95. The SMILES string of the molecule is Cc1ccccc1[C@H](CC(=O)O)NC(=O)c1nc(-c2ccccc2)oc1C(F)(F)F.Cc1oc(-c2ccccc2)nc1C(=O)N[C@@H](CC(=O)O)c1ccccc1C(F)(F)F. The number of aromatic nitrogens is 2. The second-order valence-electron chi connectivity index (χ2n) is 13.0. The van der Waals surface area contributed by atoms with Gasteiger partial charge in [0.05, 0.1) is 30.5 Å². The number of hydrogen-bond acceptors (Lipinski definition) is 8. The molecule has 0 saturated carbocycles. The van der Waals surface area contributed by atoms with Gasteiger partial charge in [-0.1, -0.05) is 78.9 Å². The van der Waals surface area contributed by atoms with E-state index >= 15 is 0 Å². The number of oxazole rings is 2. The van der Waals surface area contributed by atoms with Crippen LogP contribution in [-0.4, -0.2) is 43.9 Å². The molecule has 18 heteroatoms. The van der Waals surface area contributed by atoms with Gasteiger partial charge in [-0.3, -0.25) is 19.2 Å². The topological polar surface area (TPSA) is 185 Å². The van der Waals surface area contributed by atoms with E-state index in [2.05, 4.69) is 20.6 Å². The average molecular weight is 837 g/mol. The Bertz CT molecular complexity index is 2470. The van der Waals surface area contributed by atoms with Crippen molar-refractivity contribution in [3.8, 4) is 22.9 Å². The van der Waals surface area contributed by atoms with E-state index in [1.54, 1.807) is 79.7 Å². The monoisotopic (exact) mass is 836 g/mol. The highest BCUT2D eigenvalue weighted by Crippen LogP contribution is 2.37. The maximum Gasteiger partial charge on any atom is 0.452 e. The Hall–Kier alpha value is -7.24. The predicted octanol–water partition coefficient (Wildman–Crippen LogP) is 9.23. The molecule has 6 rings (SSSR count). The van der Waals surface area contributed by atoms with Crippen molar-refractivity contribution in [3.05, 3.63) is 154 Å². The van der Waals surface area contributed by atoms with Crippen LogP contribution in [-0.2, 0) is 21.9 Å². The first kappa shape index (κ1) is 43.9. The minimum atomic E-state index is -4.96. The standard InChI is InChI=1S/2C21H17F3N2O4/c1-12-7-5-6-10-14(12)15(11-16(27)28)25-19(29)17-18(21(22,23)24)30-20(26-17)13-8-3-2-4-9-13;1-12-18(26-20(30-12)13-7-3-2-4-8-13)19(29)25-16(11-17(27)28)14-9-5-6-10-15(14)21(22,23)24/h2-10,15H,11H2,1H3,(H,25,29)(H,27,28);2-10,16H,11H2,1H3,(H,25,29)(H,27,28)/t15-;16-/m00/s1. The Labute approximate surface area is 336 Å². The zero-order chi connectivity index (χ0) is 43.8. The minimum Gasteiger partial charge on any atom is -0.481 e. The van der Waals surface area contributed by atoms with E-state index in [4.69, 9.17) is 13.9 Å². The molecule has 2 atom stereocenters. The van der Waals surface area contributed by atoms with Gasteiger partial charge in [0.1, 0.15) is 5.76 Å². The van der Waals surface area contributed by atoms with Gasteiger partial charge >= 0.3 is 24.3 Å². The third kappa shape index (κ3) is 11.0. The second-order valence-corrected chi connectivity index (χ2v) is 13.0. The molecule has 0 bridgehead atoms. The van der Waals surface area contributed by atoms with Gasteiger partial charge in [0.25, 0.3) is 11.8 Å². The number of carboxylic acid groups (broad SMARTS) is 2. The van der Waals surface area contributed by atoms with E-state index in [1.807, 2.05) is 0 Å². The van der Waals surface area contributed by atoms with Crippen LogP contribution in [0.15, 0.2) is 118 Å². The van der Waals surface area contributed by atoms with Crippen LogP contribution in [0.1, 0.15) is 79.7 Å². The van der Waals surface area contributed by atoms with Crippen LogP contribution in [0, 0.1) is 13.8 Å². The van der Waals surface area contributed by atoms with Crippen molar-refractivity contribution in [2.75, 3.05) is 0 Å². The fraction of sp³-hybridized carbons (Fsp3) is 0.190. The van der Waals surface area contributed by atoms with Gasteiger partial charge in [0, 0.05) is 11.1 Å². The summed E-state index contributed by atoms with van der Waals surface area (Å²) in [5.74, 6) is -6.17. The summed E-state index contributed by atoms with van der Waals surface area (Å²) in [5.41, 5.74) is -0.395. The Balaban J connectivity index is 0.000000228. The van der Waals surface area contributed by atoms with Crippen molar-refractivity contribution in [1.29, 1.82) is 0 Å². The van der Waals surface area contributed by atoms with Crippen LogP contribution in [0.2, 0.25) is 0 Å². The molecule has 4 N–H and O–H groups in total. The smallest absolute Gasteiger partial charge is 0.452 e. The van der Waals surface area contributed by atoms with Gasteiger partial charge in [-0.15, -0.1) is 0 Å². The van der Waals surface area contributed by atoms with E-state index in [-0.39, 0.29) is 34.4 Å². The molecule has 6 aromatic rings. The third-order valence-electron chi connectivity index (χ3n) is 8.73. The summed E-state index contributed by atoms with van der Waals surface area (Å²) < 4.78 is 90.9. The molecule has 0 spiro atoms. The summed E-state index contributed by atoms with van der Waals surface area (Å²) in [6, 6.07) is 25.3. The normalized spacial score (nSPS) is 12.4. The zero-order valence-corrected chi connectivity index (χ0v) is 31.5. The Morgan fingerprint density at radius 3 is 1.52 bits per heavy atom. The number of carbonyl (C=O) groups is 4. The molecule has 2 aromatic heterocycles. The average Bonchev–Trinajstić information content (AvgIpc) is 3.83. The number of aryl methyl sites for hydroxylation is 2. The van der Waals surface area contributed by atoms with Crippen LogP contribution in [0.4, 0.5) is 26.3 Å². The largest absolute Gasteiger partial charge is 0.481 e. The highest BCUT2D eigenvalue weighted by Gasteiger charge is 2.42. The molecule has 4 aromatic carbocycles. The molecule has 2 amide bonds. The maximum atomic E-state index is 13.5. The lowest BCUT2D eigenvalue weighted by molar-refractivity contribution is -0.153. The summed E-state index contributed by atoms with van der Waals surface area (Å²) in [4.78, 5) is 55.8. The number of rotatable bonds is 12. The first-order valence-electron chi connectivity index (χ1n) is 17.8. The van der Waals surface area contributed by atoms with Crippen molar-refractivity contribution >= 4 is 23.8 Å². The van der Waals surface area contributed by atoms with Crippen molar-refractivity contribution in [2.24, 2.45) is 0 Å². The Kier molecular flexibility index (Phi) is 13.6. The Morgan fingerprint density at radius 1 is 0.583 bits per heavy atom. The maximum absolute atomic E-state index is 13.5. The molecule has 0 radical (unpaired) electrons. The molecule has 0 unspecified atom stereocenters. The number of benzene rings is 4. The molecular formula is C42H34F6N4O8. The minimum absolute atomic E-state index is 0.131. The van der Waals surface area contributed by atoms with Gasteiger partial charge < -0.3 is 29.7 Å². The van der Waals surface area contributed by atoms with E-state index < -0.39 is 78.0 Å². The first-order valence-corrected chi connectivity index (χ1v) is 17.8. The lowest BCUT2D eigenvalue weighted by Crippen LogP contribution is -2.32. The van der Waals surface area contributed by atoms with Crippen molar-refractivity contribution in [1.82, 2.24) is 20.6 Å². The number of nitrogens with zero attached hydrogens (tertiary/aromatic N) is 2. The number of carboxylic acids is 2. The van der Waals surface area contributed by atoms with Crippen LogP contribution < -0.4 is 10.6 Å². The zero-order valence-electron chi connectivity index (χ0n) is 31.5. The molecule has 2 heterocycles. The number of nitrogens with one attached hydrogen (secondary N) is 2. The highest BCUT2D eigenvalue weighted by atomic mass is 19.4. The number of carbonyl (C=O) groups excluding carboxylic acids is 2. The fourth-order valence-corrected chi connectivity index (χ4v) is 6.00. The van der Waals surface area contributed by atoms with Crippen LogP contribution in [0.3, 0.4) is 0 Å². The van der Waals surface area contributed by atoms with Crippen molar-refractivity contribution < 1.29 is 64.6 Å². The van der Waals surface area contributed by atoms with Crippen LogP contribution in [0.5, 0.6) is 0 Å². The first-order chi connectivity index (χ1) is 28.3. The lowest BCUT2D eigenvalue weighted by atomic mass is 9.97. The summed E-state index contributed by atoms with van der Waals surface area (Å²) in [7, 11) is 0. The van der Waals surface area contributed by atoms with E-state index in [0.29, 0.717) is 16.7 Å². The second kappa shape index (κ2) is 18.6. The summed E-state index contributed by atoms with van der Waals surface area (Å²) in [6.07, 6.45) is -10.9. The number of halogens is 6. The number of alkyl halides is 6. The molecule has 312 valence electrons. The molecule has 0 fully saturated rings. The number of aliphatic carboxylic acids is 2. The fourth-order valence-electron chi connectivity index (χ4n) is 6.00. The molecule has 0 aliphatic heterocycles. The number of hydrogen-bond donors (Lipinski definition) is 4. The summed E-state index contributed by atoms with van der Waals surface area (Å²) in [5, 5.41) is 23.1. The molecule has 0 aliphatic rings. The van der Waals surface area contributed by atoms with Gasteiger partial charge in [0.2, 0.25) is 17.5 Å². The van der Waals surface area contributed by atoms with Crippen LogP contribution >= 0.6 is 0 Å². The molecule has 0 saturated heterocycles. The van der Waals surface area contributed by atoms with E-state index in [0.717, 1.165) is 12.1 Å². The third-order valence-corrected chi connectivity index (χ3v) is 8.73. The molecule has 0 aliphatic carbocycles. The number of amides is 2. The predicted molar refractivity (Wildman–Crippen MR) is 201 cm³/mol. The van der Waals surface area contributed by atoms with Crippen LogP contribution in [0.25, 0.3) is 22.9 Å². The van der Waals surface area contributed by atoms with Crippen molar-refractivity contribution in [2.45, 2.75) is 51.1 Å². The quantitative estimate of drug-likeness (QED) is 0.0867. The van der Waals surface area contributed by atoms with Gasteiger partial charge in [-0.25, -0.2) is 9.97 Å². The summed E-state index contributed by atoms with van der Waals surface area (Å²) in [6.45, 7) is 3.20. The van der Waals surface area contributed by atoms with Gasteiger partial charge in [-0.2, -0.15) is 26.3 Å². The van der Waals surface area contributed by atoms with E-state index in [1.165, 1.54) is 31.2 Å². The molecular weight excluding hydrogens is 802 g/mol. The van der Waals surface area contributed by atoms with E-state index in [9.17, 15) is 50.6 Å². The van der Waals surface area contributed by atoms with Crippen molar-refractivity contribution in [3.63, 3.8) is 0 Å². The Morgan fingerprint density at radius 2 is 1.02 bits per heavy atom. The lowest BCUT2D eigenvalue weighted by Gasteiger charge is -2.21. The summed E-state index contributed by atoms with van der Waals surface area (Å²) >= 11 is 0. The van der Waals surface area contributed by atoms with Gasteiger partial charge in [-0.05, 0) is 60.9 Å². The van der Waals surface area contributed by atoms with Gasteiger partial charge in [0.15, 0.2) is 11.4 Å². The molecule has 12 nitrogen and oxygen atoms in total. The molecule has 60 heavy (non-hydrogen) atoms.